The number of carboxylic acid groups (broad SMARTS) is 1. The third-order valence-corrected chi connectivity index (χ3v) is 11.1. The zero-order chi connectivity index (χ0) is 38.0. The number of halogens is 3. The molecule has 6 rings (SSSR count). The summed E-state index contributed by atoms with van der Waals surface area (Å²) in [6.07, 6.45) is 3.09. The molecule has 1 fully saturated rings. The number of nitrogens with zero attached hydrogens (tertiary/aromatic N) is 7. The highest BCUT2D eigenvalue weighted by atomic mass is 35.5. The van der Waals surface area contributed by atoms with Crippen LogP contribution in [0.15, 0.2) is 46.8 Å². The molecule has 2 N–H and O–H groups in total. The largest absolute Gasteiger partial charge is 0.478 e. The number of benzene rings is 1. The average Bonchev–Trinajstić information content (AvgIpc) is 3.59. The molecular formula is C38H36ClF2N7O4S. The van der Waals surface area contributed by atoms with Crippen molar-refractivity contribution in [2.24, 2.45) is 0 Å². The number of aliphatic hydroxyl groups is 1. The van der Waals surface area contributed by atoms with E-state index in [1.54, 1.807) is 54.6 Å². The lowest BCUT2D eigenvalue weighted by Crippen LogP contribution is -2.49. The van der Waals surface area contributed by atoms with Gasteiger partial charge in [-0.15, -0.1) is 11.3 Å². The number of fused-ring (bicyclic) bond motifs is 2. The number of aryl methyl sites for hydroxylation is 1. The summed E-state index contributed by atoms with van der Waals surface area (Å²) >= 11 is 7.65. The molecule has 0 spiro atoms. The first-order valence-electron chi connectivity index (χ1n) is 17.0. The first kappa shape index (κ1) is 37.8. The Hall–Kier alpha value is -4.99. The van der Waals surface area contributed by atoms with Crippen LogP contribution in [-0.4, -0.2) is 85.4 Å². The molecule has 11 nitrogen and oxygen atoms in total. The van der Waals surface area contributed by atoms with Crippen molar-refractivity contribution in [1.29, 1.82) is 5.26 Å². The van der Waals surface area contributed by atoms with Crippen molar-refractivity contribution in [2.75, 3.05) is 25.1 Å². The number of pyridine rings is 2. The summed E-state index contributed by atoms with van der Waals surface area (Å²) in [6.45, 7) is 2.78. The summed E-state index contributed by atoms with van der Waals surface area (Å²) in [5, 5.41) is 31.8. The SMILES string of the molecule is Cc1nc2cnc(N(C)C3CCC(N(CC(F)F)C(C)CO)CC3)c(C#N)c2c(=O)n1CC#Cc1ccc(Cl)cc1-c1ccnc2c(C(=O)O)csc12. The van der Waals surface area contributed by atoms with E-state index in [4.69, 9.17) is 11.6 Å². The highest BCUT2D eigenvalue weighted by Gasteiger charge is 2.33. The van der Waals surface area contributed by atoms with Crippen LogP contribution >= 0.6 is 22.9 Å². The molecule has 1 aliphatic carbocycles. The predicted molar refractivity (Wildman–Crippen MR) is 201 cm³/mol. The van der Waals surface area contributed by atoms with Gasteiger partial charge in [0.1, 0.15) is 23.3 Å². The van der Waals surface area contributed by atoms with Gasteiger partial charge in [-0.25, -0.2) is 23.5 Å². The lowest BCUT2D eigenvalue weighted by Gasteiger charge is -2.42. The zero-order valence-electron chi connectivity index (χ0n) is 29.2. The van der Waals surface area contributed by atoms with Gasteiger partial charge in [-0.05, 0) is 63.8 Å². The number of thiophene rings is 1. The van der Waals surface area contributed by atoms with E-state index in [-0.39, 0.29) is 53.3 Å². The van der Waals surface area contributed by atoms with Gasteiger partial charge in [0.2, 0.25) is 0 Å². The topological polar surface area (TPSA) is 148 Å². The molecule has 1 aromatic carbocycles. The Bertz CT molecular complexity index is 2360. The molecule has 4 heterocycles. The Labute approximate surface area is 313 Å². The summed E-state index contributed by atoms with van der Waals surface area (Å²) in [5.74, 6) is 5.88. The van der Waals surface area contributed by atoms with E-state index in [2.05, 4.69) is 32.9 Å². The van der Waals surface area contributed by atoms with E-state index in [1.165, 1.54) is 22.1 Å². The Balaban J connectivity index is 1.29. The number of aromatic carboxylic acids is 1. The van der Waals surface area contributed by atoms with Crippen LogP contribution in [-0.2, 0) is 6.54 Å². The van der Waals surface area contributed by atoms with Crippen molar-refractivity contribution in [2.45, 2.75) is 70.6 Å². The highest BCUT2D eigenvalue weighted by molar-refractivity contribution is 7.18. The summed E-state index contributed by atoms with van der Waals surface area (Å²) in [4.78, 5) is 42.8. The van der Waals surface area contributed by atoms with Crippen molar-refractivity contribution in [1.82, 2.24) is 24.4 Å². The minimum atomic E-state index is -2.51. The van der Waals surface area contributed by atoms with Gasteiger partial charge in [-0.2, -0.15) is 5.26 Å². The number of carboxylic acids is 1. The van der Waals surface area contributed by atoms with Crippen LogP contribution in [0, 0.1) is 30.1 Å². The maximum atomic E-state index is 14.1. The fourth-order valence-corrected chi connectivity index (χ4v) is 8.33. The number of alkyl halides is 2. The van der Waals surface area contributed by atoms with E-state index in [1.807, 2.05) is 11.9 Å². The first-order valence-corrected chi connectivity index (χ1v) is 18.2. The summed E-state index contributed by atoms with van der Waals surface area (Å²) in [5.41, 5.74) is 2.43. The minimum Gasteiger partial charge on any atom is -0.478 e. The van der Waals surface area contributed by atoms with Gasteiger partial charge in [-0.1, -0.05) is 23.4 Å². The number of aliphatic hydroxyl groups excluding tert-OH is 1. The number of nitriles is 1. The van der Waals surface area contributed by atoms with Crippen LogP contribution in [0.5, 0.6) is 0 Å². The van der Waals surface area contributed by atoms with E-state index < -0.39 is 24.5 Å². The maximum absolute atomic E-state index is 14.1. The molecule has 0 radical (unpaired) electrons. The second-order valence-corrected chi connectivity index (χ2v) is 14.4. The summed E-state index contributed by atoms with van der Waals surface area (Å²) in [7, 11) is 1.82. The zero-order valence-corrected chi connectivity index (χ0v) is 30.8. The molecule has 274 valence electrons. The Morgan fingerprint density at radius 3 is 2.58 bits per heavy atom. The van der Waals surface area contributed by atoms with Crippen LogP contribution in [0.2, 0.25) is 5.02 Å². The van der Waals surface area contributed by atoms with E-state index in [9.17, 15) is 33.8 Å². The lowest BCUT2D eigenvalue weighted by atomic mass is 9.88. The van der Waals surface area contributed by atoms with Crippen molar-refractivity contribution in [3.63, 3.8) is 0 Å². The van der Waals surface area contributed by atoms with Crippen molar-refractivity contribution < 1.29 is 23.8 Å². The number of rotatable bonds is 10. The van der Waals surface area contributed by atoms with Gasteiger partial charge in [-0.3, -0.25) is 19.2 Å². The molecule has 1 aliphatic rings. The number of hydrogen-bond acceptors (Lipinski definition) is 10. The van der Waals surface area contributed by atoms with Crippen LogP contribution in [0.25, 0.3) is 32.2 Å². The van der Waals surface area contributed by atoms with Crippen molar-refractivity contribution in [3.8, 4) is 29.0 Å². The quantitative estimate of drug-likeness (QED) is 0.155. The molecular weight excluding hydrogens is 724 g/mol. The van der Waals surface area contributed by atoms with Gasteiger partial charge in [0, 0.05) is 58.5 Å². The monoisotopic (exact) mass is 759 g/mol. The fraction of sp³-hybridized carbons (Fsp3) is 0.368. The van der Waals surface area contributed by atoms with E-state index in [0.717, 1.165) is 5.56 Å². The van der Waals surface area contributed by atoms with E-state index in [0.29, 0.717) is 63.7 Å². The summed E-state index contributed by atoms with van der Waals surface area (Å²) in [6, 6.07) is 8.63. The maximum Gasteiger partial charge on any atom is 0.338 e. The van der Waals surface area contributed by atoms with Crippen LogP contribution in [0.3, 0.4) is 0 Å². The molecule has 1 unspecified atom stereocenters. The van der Waals surface area contributed by atoms with Crippen LogP contribution < -0.4 is 10.5 Å². The molecule has 5 aromatic rings. The number of anilines is 1. The van der Waals surface area contributed by atoms with Gasteiger partial charge in [0.15, 0.2) is 0 Å². The van der Waals surface area contributed by atoms with E-state index >= 15 is 0 Å². The fourth-order valence-electron chi connectivity index (χ4n) is 7.13. The van der Waals surface area contributed by atoms with Gasteiger partial charge in [0.25, 0.3) is 12.0 Å². The predicted octanol–water partition coefficient (Wildman–Crippen LogP) is 6.35. The lowest BCUT2D eigenvalue weighted by molar-refractivity contribution is 0.0132. The van der Waals surface area contributed by atoms with Crippen molar-refractivity contribution in [3.05, 3.63) is 79.9 Å². The van der Waals surface area contributed by atoms with Crippen LogP contribution in [0.4, 0.5) is 14.6 Å². The normalized spacial score (nSPS) is 16.5. The molecule has 0 aliphatic heterocycles. The van der Waals surface area contributed by atoms with Gasteiger partial charge >= 0.3 is 5.97 Å². The molecule has 1 saturated carbocycles. The minimum absolute atomic E-state index is 0.0344. The van der Waals surface area contributed by atoms with Crippen LogP contribution in [0.1, 0.15) is 59.9 Å². The second kappa shape index (κ2) is 15.9. The molecule has 1 atom stereocenters. The Kier molecular flexibility index (Phi) is 11.4. The van der Waals surface area contributed by atoms with Gasteiger partial charge in [0.05, 0.1) is 52.6 Å². The number of aromatic nitrogens is 4. The van der Waals surface area contributed by atoms with Gasteiger partial charge < -0.3 is 15.1 Å². The number of carbonyl (C=O) groups is 1. The first-order chi connectivity index (χ1) is 25.4. The second-order valence-electron chi connectivity index (χ2n) is 13.1. The average molecular weight is 760 g/mol. The third-order valence-electron chi connectivity index (χ3n) is 9.90. The molecule has 0 saturated heterocycles. The Morgan fingerprint density at radius 1 is 1.17 bits per heavy atom. The third kappa shape index (κ3) is 7.59. The summed E-state index contributed by atoms with van der Waals surface area (Å²) < 4.78 is 28.8. The smallest absolute Gasteiger partial charge is 0.338 e. The van der Waals surface area contributed by atoms with Crippen molar-refractivity contribution >= 4 is 55.8 Å². The molecule has 0 bridgehead atoms. The number of hydrogen-bond donors (Lipinski definition) is 2. The highest BCUT2D eigenvalue weighted by Crippen LogP contribution is 2.37. The molecule has 0 amide bonds. The Morgan fingerprint density at radius 2 is 1.91 bits per heavy atom. The molecule has 15 heteroatoms. The standard InChI is InChI=1S/C38H36ClF2N7O4S/c1-21(19-49)48(18-32(40)41)26-10-8-25(9-11-26)46(3)36-29(16-42)33-31(17-44-36)45-22(2)47(37(33)50)14-4-5-23-6-7-24(39)15-28(23)27-12-13-43-34-30(38(51)52)20-53-35(27)34/h6-7,12-13,15,17,20-21,25-26,32,49H,8-11,14,18-19H2,1-3H3,(H,51,52). The molecule has 53 heavy (non-hydrogen) atoms. The molecule has 4 aromatic heterocycles.